The number of hydrogen-bond acceptors (Lipinski definition) is 5. The average Bonchev–Trinajstić information content (AvgIpc) is 2.76. The molecule has 2 rings (SSSR count). The summed E-state index contributed by atoms with van der Waals surface area (Å²) in [4.78, 5) is 48.8. The lowest BCUT2D eigenvalue weighted by atomic mass is 10.1. The van der Waals surface area contributed by atoms with Crippen molar-refractivity contribution in [3.05, 3.63) is 34.9 Å². The second-order valence-electron chi connectivity index (χ2n) is 6.15. The number of nitrogens with two attached hydrogens (primary N) is 1. The van der Waals surface area contributed by atoms with Gasteiger partial charge in [0.25, 0.3) is 17.7 Å². The van der Waals surface area contributed by atoms with Crippen molar-refractivity contribution < 1.29 is 23.9 Å². The van der Waals surface area contributed by atoms with E-state index >= 15 is 0 Å². The van der Waals surface area contributed by atoms with E-state index in [1.54, 1.807) is 0 Å². The monoisotopic (exact) mass is 332 g/mol. The summed E-state index contributed by atoms with van der Waals surface area (Å²) in [5.41, 5.74) is 5.58. The maximum absolute atomic E-state index is 12.4. The molecule has 1 aromatic carbocycles. The van der Waals surface area contributed by atoms with Gasteiger partial charge in [0, 0.05) is 6.54 Å². The molecular weight excluding hydrogens is 312 g/mol. The smallest absolute Gasteiger partial charge is 0.338 e. The molecule has 0 aromatic heterocycles. The number of ether oxygens (including phenoxy) is 1. The Labute approximate surface area is 139 Å². The van der Waals surface area contributed by atoms with Gasteiger partial charge in [0.1, 0.15) is 0 Å². The number of imide groups is 1. The number of carbonyl (C=O) groups is 4. The molecule has 0 saturated heterocycles. The summed E-state index contributed by atoms with van der Waals surface area (Å²) >= 11 is 0. The Balaban J connectivity index is 2.21. The van der Waals surface area contributed by atoms with E-state index in [2.05, 4.69) is 0 Å². The van der Waals surface area contributed by atoms with Crippen molar-refractivity contribution in [2.45, 2.75) is 33.3 Å². The third kappa shape index (κ3) is 3.45. The standard InChI is InChI=1S/C17H20N2O5/c1-9(2)6-7-19-15(21)12-5-4-11(8-13(12)16(19)22)17(23)24-10(3)14(18)20/h4-5,8-10H,6-7H2,1-3H3,(H2,18,20). The lowest BCUT2D eigenvalue weighted by Gasteiger charge is -2.14. The molecule has 0 spiro atoms. The van der Waals surface area contributed by atoms with Gasteiger partial charge in [-0.25, -0.2) is 4.79 Å². The summed E-state index contributed by atoms with van der Waals surface area (Å²) in [6.45, 7) is 5.71. The molecule has 7 nitrogen and oxygen atoms in total. The van der Waals surface area contributed by atoms with Gasteiger partial charge in [-0.1, -0.05) is 13.8 Å². The zero-order valence-corrected chi connectivity index (χ0v) is 13.9. The summed E-state index contributed by atoms with van der Waals surface area (Å²) in [7, 11) is 0. The Bertz CT molecular complexity index is 711. The van der Waals surface area contributed by atoms with Crippen LogP contribution in [0.4, 0.5) is 0 Å². The van der Waals surface area contributed by atoms with Crippen molar-refractivity contribution in [1.82, 2.24) is 4.90 Å². The minimum Gasteiger partial charge on any atom is -0.449 e. The third-order valence-electron chi connectivity index (χ3n) is 3.82. The van der Waals surface area contributed by atoms with E-state index in [1.807, 2.05) is 13.8 Å². The maximum Gasteiger partial charge on any atom is 0.338 e. The first-order valence-corrected chi connectivity index (χ1v) is 7.73. The van der Waals surface area contributed by atoms with Crippen LogP contribution in [0.15, 0.2) is 18.2 Å². The lowest BCUT2D eigenvalue weighted by molar-refractivity contribution is -0.125. The molecule has 128 valence electrons. The third-order valence-corrected chi connectivity index (χ3v) is 3.82. The normalized spacial score (nSPS) is 14.8. The van der Waals surface area contributed by atoms with Crippen molar-refractivity contribution in [1.29, 1.82) is 0 Å². The number of benzene rings is 1. The first-order chi connectivity index (χ1) is 11.2. The topological polar surface area (TPSA) is 107 Å². The van der Waals surface area contributed by atoms with E-state index in [-0.39, 0.29) is 22.6 Å². The Hall–Kier alpha value is -2.70. The number of primary amides is 1. The van der Waals surface area contributed by atoms with Gasteiger partial charge < -0.3 is 10.5 Å². The van der Waals surface area contributed by atoms with E-state index in [9.17, 15) is 19.2 Å². The first-order valence-electron chi connectivity index (χ1n) is 7.73. The van der Waals surface area contributed by atoms with Crippen LogP contribution in [0, 0.1) is 5.92 Å². The van der Waals surface area contributed by atoms with Crippen molar-refractivity contribution in [2.75, 3.05) is 6.54 Å². The number of amides is 3. The SMILES string of the molecule is CC(C)CCN1C(=O)c2ccc(C(=O)OC(C)C(N)=O)cc2C1=O. The van der Waals surface area contributed by atoms with Crippen LogP contribution in [0.25, 0.3) is 0 Å². The molecule has 0 bridgehead atoms. The maximum atomic E-state index is 12.4. The van der Waals surface area contributed by atoms with Crippen LogP contribution in [0.2, 0.25) is 0 Å². The molecule has 0 aliphatic carbocycles. The van der Waals surface area contributed by atoms with Crippen LogP contribution in [-0.4, -0.2) is 41.2 Å². The molecule has 1 unspecified atom stereocenters. The zero-order chi connectivity index (χ0) is 18.0. The van der Waals surface area contributed by atoms with Gasteiger partial charge in [-0.05, 0) is 37.5 Å². The Morgan fingerprint density at radius 3 is 2.33 bits per heavy atom. The molecule has 1 aromatic rings. The van der Waals surface area contributed by atoms with Crippen LogP contribution in [0.3, 0.4) is 0 Å². The summed E-state index contributed by atoms with van der Waals surface area (Å²) < 4.78 is 4.90. The van der Waals surface area contributed by atoms with Crippen molar-refractivity contribution in [3.8, 4) is 0 Å². The van der Waals surface area contributed by atoms with Gasteiger partial charge in [0.2, 0.25) is 0 Å². The summed E-state index contributed by atoms with van der Waals surface area (Å²) in [6.07, 6.45) is -0.373. The Morgan fingerprint density at radius 1 is 1.12 bits per heavy atom. The van der Waals surface area contributed by atoms with E-state index in [0.717, 1.165) is 0 Å². The van der Waals surface area contributed by atoms with Crippen molar-refractivity contribution >= 4 is 23.7 Å². The molecule has 3 amide bonds. The second kappa shape index (κ2) is 6.82. The van der Waals surface area contributed by atoms with Gasteiger partial charge >= 0.3 is 5.97 Å². The molecule has 0 fully saturated rings. The molecule has 1 heterocycles. The minimum absolute atomic E-state index is 0.0914. The van der Waals surface area contributed by atoms with Gasteiger partial charge in [-0.3, -0.25) is 19.3 Å². The molecule has 1 aliphatic rings. The number of nitrogens with zero attached hydrogens (tertiary/aromatic N) is 1. The summed E-state index contributed by atoms with van der Waals surface area (Å²) in [6, 6.07) is 4.14. The average molecular weight is 332 g/mol. The van der Waals surface area contributed by atoms with Crippen LogP contribution in [0.5, 0.6) is 0 Å². The Kier molecular flexibility index (Phi) is 5.02. The van der Waals surface area contributed by atoms with Crippen molar-refractivity contribution in [2.24, 2.45) is 11.7 Å². The minimum atomic E-state index is -1.08. The number of rotatable bonds is 6. The van der Waals surface area contributed by atoms with Crippen LogP contribution in [-0.2, 0) is 9.53 Å². The molecule has 24 heavy (non-hydrogen) atoms. The summed E-state index contributed by atoms with van der Waals surface area (Å²) in [5.74, 6) is -1.97. The van der Waals surface area contributed by atoms with Crippen LogP contribution >= 0.6 is 0 Å². The molecule has 2 N–H and O–H groups in total. The number of hydrogen-bond donors (Lipinski definition) is 1. The van der Waals surface area contributed by atoms with Crippen LogP contribution in [0.1, 0.15) is 58.3 Å². The highest BCUT2D eigenvalue weighted by Crippen LogP contribution is 2.25. The second-order valence-corrected chi connectivity index (χ2v) is 6.15. The number of fused-ring (bicyclic) bond motifs is 1. The fraction of sp³-hybridized carbons (Fsp3) is 0.412. The predicted molar refractivity (Wildman–Crippen MR) is 85.3 cm³/mol. The van der Waals surface area contributed by atoms with Gasteiger partial charge in [0.15, 0.2) is 6.10 Å². The number of carbonyl (C=O) groups excluding carboxylic acids is 4. The van der Waals surface area contributed by atoms with Crippen molar-refractivity contribution in [3.63, 3.8) is 0 Å². The van der Waals surface area contributed by atoms with Gasteiger partial charge in [-0.15, -0.1) is 0 Å². The number of esters is 1. The molecular formula is C17H20N2O5. The Morgan fingerprint density at radius 2 is 1.75 bits per heavy atom. The molecule has 0 radical (unpaired) electrons. The fourth-order valence-electron chi connectivity index (χ4n) is 2.29. The zero-order valence-electron chi connectivity index (χ0n) is 13.9. The summed E-state index contributed by atoms with van der Waals surface area (Å²) in [5, 5.41) is 0. The predicted octanol–water partition coefficient (Wildman–Crippen LogP) is 1.36. The van der Waals surface area contributed by atoms with Gasteiger partial charge in [0.05, 0.1) is 16.7 Å². The van der Waals surface area contributed by atoms with E-state index in [1.165, 1.54) is 30.0 Å². The highest BCUT2D eigenvalue weighted by molar-refractivity contribution is 6.22. The quantitative estimate of drug-likeness (QED) is 0.625. The largest absolute Gasteiger partial charge is 0.449 e. The molecule has 1 aliphatic heterocycles. The van der Waals surface area contributed by atoms with Crippen LogP contribution < -0.4 is 5.73 Å². The highest BCUT2D eigenvalue weighted by atomic mass is 16.5. The lowest BCUT2D eigenvalue weighted by Crippen LogP contribution is -2.31. The highest BCUT2D eigenvalue weighted by Gasteiger charge is 2.36. The molecule has 0 saturated carbocycles. The molecule has 7 heteroatoms. The van der Waals surface area contributed by atoms with E-state index in [4.69, 9.17) is 10.5 Å². The fourth-order valence-corrected chi connectivity index (χ4v) is 2.29. The molecule has 1 atom stereocenters. The van der Waals surface area contributed by atoms with E-state index in [0.29, 0.717) is 18.9 Å². The first kappa shape index (κ1) is 17.7. The van der Waals surface area contributed by atoms with E-state index < -0.39 is 23.9 Å². The van der Waals surface area contributed by atoms with Gasteiger partial charge in [-0.2, -0.15) is 0 Å².